The predicted molar refractivity (Wildman–Crippen MR) is 82.0 cm³/mol. The van der Waals surface area contributed by atoms with Crippen molar-refractivity contribution in [1.82, 2.24) is 10.6 Å². The lowest BCUT2D eigenvalue weighted by Gasteiger charge is -2.15. The van der Waals surface area contributed by atoms with E-state index < -0.39 is 6.09 Å². The number of rotatable bonds is 7. The van der Waals surface area contributed by atoms with Crippen LogP contribution in [0.3, 0.4) is 0 Å². The molecule has 0 saturated heterocycles. The Morgan fingerprint density at radius 1 is 1.19 bits per heavy atom. The van der Waals surface area contributed by atoms with Crippen LogP contribution in [0.25, 0.3) is 0 Å². The number of carbonyl (C=O) groups is 2. The molecule has 0 spiro atoms. The van der Waals surface area contributed by atoms with Gasteiger partial charge in [-0.15, -0.1) is 0 Å². The molecule has 1 aromatic rings. The third-order valence-electron chi connectivity index (χ3n) is 3.16. The maximum Gasteiger partial charge on any atom is 0.407 e. The number of hydrogen-bond acceptors (Lipinski definition) is 3. The summed E-state index contributed by atoms with van der Waals surface area (Å²) in [4.78, 5) is 22.8. The second kappa shape index (κ2) is 9.00. The highest BCUT2D eigenvalue weighted by molar-refractivity contribution is 5.77. The van der Waals surface area contributed by atoms with E-state index in [-0.39, 0.29) is 24.9 Å². The number of carbonyl (C=O) groups excluding carboxylic acids is 2. The Labute approximate surface area is 126 Å². The lowest BCUT2D eigenvalue weighted by molar-refractivity contribution is -0.121. The van der Waals surface area contributed by atoms with E-state index in [1.54, 1.807) is 6.92 Å². The summed E-state index contributed by atoms with van der Waals surface area (Å²) >= 11 is 0. The zero-order valence-corrected chi connectivity index (χ0v) is 12.9. The van der Waals surface area contributed by atoms with Gasteiger partial charge in [0, 0.05) is 13.0 Å². The molecule has 0 saturated carbocycles. The van der Waals surface area contributed by atoms with Crippen molar-refractivity contribution in [2.45, 2.75) is 39.7 Å². The first kappa shape index (κ1) is 17.0. The number of ether oxygens (including phenoxy) is 1. The molecule has 0 aliphatic rings. The maximum atomic E-state index is 11.8. The Hall–Kier alpha value is -2.04. The molecule has 0 aliphatic carbocycles. The molecule has 0 fully saturated rings. The number of alkyl carbamates (subject to hydrolysis) is 1. The van der Waals surface area contributed by atoms with Gasteiger partial charge >= 0.3 is 6.09 Å². The molecule has 5 nitrogen and oxygen atoms in total. The van der Waals surface area contributed by atoms with Crippen LogP contribution in [0.2, 0.25) is 0 Å². The normalized spacial score (nSPS) is 11.6. The van der Waals surface area contributed by atoms with Gasteiger partial charge in [0.15, 0.2) is 0 Å². The van der Waals surface area contributed by atoms with Crippen molar-refractivity contribution in [2.24, 2.45) is 0 Å². The van der Waals surface area contributed by atoms with Crippen molar-refractivity contribution < 1.29 is 14.3 Å². The van der Waals surface area contributed by atoms with Gasteiger partial charge in [0.25, 0.3) is 0 Å². The second-order valence-corrected chi connectivity index (χ2v) is 4.78. The quantitative estimate of drug-likeness (QED) is 0.811. The van der Waals surface area contributed by atoms with Crippen LogP contribution in [0.1, 0.15) is 44.4 Å². The van der Waals surface area contributed by atoms with Crippen LogP contribution >= 0.6 is 0 Å². The van der Waals surface area contributed by atoms with Crippen LogP contribution in [-0.4, -0.2) is 25.2 Å². The molecule has 1 unspecified atom stereocenters. The number of nitrogens with one attached hydrogen (secondary N) is 2. The van der Waals surface area contributed by atoms with E-state index >= 15 is 0 Å². The van der Waals surface area contributed by atoms with Gasteiger partial charge in [0.2, 0.25) is 5.91 Å². The van der Waals surface area contributed by atoms with E-state index in [1.807, 2.05) is 19.1 Å². The fraction of sp³-hybridized carbons (Fsp3) is 0.500. The Bertz CT molecular complexity index is 457. The monoisotopic (exact) mass is 292 g/mol. The highest BCUT2D eigenvalue weighted by Gasteiger charge is 2.10. The molecule has 116 valence electrons. The molecule has 21 heavy (non-hydrogen) atoms. The second-order valence-electron chi connectivity index (χ2n) is 4.78. The number of aryl methyl sites for hydroxylation is 1. The average Bonchev–Trinajstić information content (AvgIpc) is 2.47. The van der Waals surface area contributed by atoms with Gasteiger partial charge in [0.1, 0.15) is 0 Å². The molecule has 0 aliphatic heterocycles. The summed E-state index contributed by atoms with van der Waals surface area (Å²) in [7, 11) is 0. The van der Waals surface area contributed by atoms with Gasteiger partial charge in [-0.25, -0.2) is 4.79 Å². The zero-order chi connectivity index (χ0) is 15.7. The van der Waals surface area contributed by atoms with Crippen LogP contribution in [-0.2, 0) is 16.0 Å². The first-order valence-corrected chi connectivity index (χ1v) is 7.35. The zero-order valence-electron chi connectivity index (χ0n) is 12.9. The third kappa shape index (κ3) is 6.29. The van der Waals surface area contributed by atoms with Crippen molar-refractivity contribution in [3.8, 4) is 0 Å². The lowest BCUT2D eigenvalue weighted by atomic mass is 10.0. The molecule has 2 amide bonds. The van der Waals surface area contributed by atoms with Gasteiger partial charge < -0.3 is 15.4 Å². The average molecular weight is 292 g/mol. The van der Waals surface area contributed by atoms with Crippen LogP contribution in [0.15, 0.2) is 24.3 Å². The summed E-state index contributed by atoms with van der Waals surface area (Å²) < 4.78 is 4.71. The molecule has 2 N–H and O–H groups in total. The Kier molecular flexibility index (Phi) is 7.29. The topological polar surface area (TPSA) is 67.4 Å². The molecular formula is C16H24N2O3. The van der Waals surface area contributed by atoms with Crippen LogP contribution in [0, 0.1) is 0 Å². The molecule has 1 rings (SSSR count). The van der Waals surface area contributed by atoms with Crippen molar-refractivity contribution in [3.05, 3.63) is 35.4 Å². The molecular weight excluding hydrogens is 268 g/mol. The van der Waals surface area contributed by atoms with Gasteiger partial charge in [-0.3, -0.25) is 4.79 Å². The summed E-state index contributed by atoms with van der Waals surface area (Å²) in [5.41, 5.74) is 2.34. The molecule has 0 radical (unpaired) electrons. The maximum absolute atomic E-state index is 11.8. The van der Waals surface area contributed by atoms with Crippen LogP contribution in [0.5, 0.6) is 0 Å². The molecule has 1 atom stereocenters. The van der Waals surface area contributed by atoms with E-state index in [2.05, 4.69) is 29.7 Å². The standard InChI is InChI=1S/C16H24N2O3/c1-4-13-6-8-14(9-7-13)12(3)18-15(19)10-11-17-16(20)21-5-2/h6-9,12H,4-5,10-11H2,1-3H3,(H,17,20)(H,18,19). The largest absolute Gasteiger partial charge is 0.450 e. The SMILES string of the molecule is CCOC(=O)NCCC(=O)NC(C)c1ccc(CC)cc1. The van der Waals surface area contributed by atoms with Crippen LogP contribution < -0.4 is 10.6 Å². The summed E-state index contributed by atoms with van der Waals surface area (Å²) in [6.07, 6.45) is 0.741. The molecule has 0 heterocycles. The number of amides is 2. The van der Waals surface area contributed by atoms with E-state index in [0.717, 1.165) is 12.0 Å². The minimum absolute atomic E-state index is 0.0500. The Morgan fingerprint density at radius 2 is 1.86 bits per heavy atom. The Balaban J connectivity index is 2.34. The van der Waals surface area contributed by atoms with Crippen molar-refractivity contribution in [2.75, 3.05) is 13.2 Å². The lowest BCUT2D eigenvalue weighted by Crippen LogP contribution is -2.32. The first-order valence-electron chi connectivity index (χ1n) is 7.35. The van der Waals surface area contributed by atoms with Gasteiger partial charge in [-0.1, -0.05) is 31.2 Å². The van der Waals surface area contributed by atoms with Crippen molar-refractivity contribution in [3.63, 3.8) is 0 Å². The predicted octanol–water partition coefficient (Wildman–Crippen LogP) is 2.56. The minimum Gasteiger partial charge on any atom is -0.450 e. The summed E-state index contributed by atoms with van der Waals surface area (Å²) in [5.74, 6) is -0.0983. The van der Waals surface area contributed by atoms with E-state index in [9.17, 15) is 9.59 Å². The van der Waals surface area contributed by atoms with Crippen LogP contribution in [0.4, 0.5) is 4.79 Å². The molecule has 5 heteroatoms. The fourth-order valence-corrected chi connectivity index (χ4v) is 1.90. The molecule has 1 aromatic carbocycles. The van der Waals surface area contributed by atoms with E-state index in [4.69, 9.17) is 4.74 Å². The van der Waals surface area contributed by atoms with Gasteiger partial charge in [-0.2, -0.15) is 0 Å². The molecule has 0 bridgehead atoms. The highest BCUT2D eigenvalue weighted by atomic mass is 16.5. The number of hydrogen-bond donors (Lipinski definition) is 2. The minimum atomic E-state index is -0.492. The van der Waals surface area contributed by atoms with Crippen molar-refractivity contribution in [1.29, 1.82) is 0 Å². The van der Waals surface area contributed by atoms with Gasteiger partial charge in [-0.05, 0) is 31.4 Å². The first-order chi connectivity index (χ1) is 10.1. The summed E-state index contributed by atoms with van der Waals surface area (Å²) in [5, 5.41) is 5.43. The smallest absolute Gasteiger partial charge is 0.407 e. The van der Waals surface area contributed by atoms with E-state index in [1.165, 1.54) is 5.56 Å². The van der Waals surface area contributed by atoms with Crippen molar-refractivity contribution >= 4 is 12.0 Å². The highest BCUT2D eigenvalue weighted by Crippen LogP contribution is 2.13. The summed E-state index contributed by atoms with van der Waals surface area (Å²) in [6.45, 7) is 6.38. The van der Waals surface area contributed by atoms with E-state index in [0.29, 0.717) is 6.61 Å². The fourth-order valence-electron chi connectivity index (χ4n) is 1.90. The summed E-state index contributed by atoms with van der Waals surface area (Å²) in [6, 6.07) is 8.15. The molecule has 0 aromatic heterocycles. The Morgan fingerprint density at radius 3 is 2.43 bits per heavy atom. The number of benzene rings is 1. The van der Waals surface area contributed by atoms with Gasteiger partial charge in [0.05, 0.1) is 12.6 Å². The third-order valence-corrected chi connectivity index (χ3v) is 3.16.